The maximum atomic E-state index is 12.7. The topological polar surface area (TPSA) is 96.7 Å². The number of aromatic nitrogens is 1. The SMILES string of the molecule is Cn1c2c(c(C=O)c1C(=O)O)CCN(S(=O)(=O)c1ccccc1)C2. The molecule has 24 heavy (non-hydrogen) atoms. The first-order valence-electron chi connectivity index (χ1n) is 7.32. The Morgan fingerprint density at radius 2 is 1.92 bits per heavy atom. The molecule has 1 N–H and O–H groups in total. The Hall–Kier alpha value is -2.45. The molecule has 1 aliphatic heterocycles. The fraction of sp³-hybridized carbons (Fsp3) is 0.250. The highest BCUT2D eigenvalue weighted by Gasteiger charge is 2.34. The maximum Gasteiger partial charge on any atom is 0.353 e. The molecule has 1 aliphatic rings. The summed E-state index contributed by atoms with van der Waals surface area (Å²) >= 11 is 0. The van der Waals surface area contributed by atoms with Gasteiger partial charge in [0.25, 0.3) is 0 Å². The highest BCUT2D eigenvalue weighted by Crippen LogP contribution is 2.30. The summed E-state index contributed by atoms with van der Waals surface area (Å²) in [5.74, 6) is -1.20. The molecule has 0 amide bonds. The molecule has 8 heteroatoms. The minimum Gasteiger partial charge on any atom is -0.477 e. The van der Waals surface area contributed by atoms with E-state index in [-0.39, 0.29) is 29.2 Å². The zero-order chi connectivity index (χ0) is 17.5. The first kappa shape index (κ1) is 16.4. The molecule has 126 valence electrons. The average molecular weight is 348 g/mol. The second kappa shape index (κ2) is 5.88. The highest BCUT2D eigenvalue weighted by molar-refractivity contribution is 7.89. The van der Waals surface area contributed by atoms with Gasteiger partial charge in [-0.2, -0.15) is 4.31 Å². The molecule has 0 bridgehead atoms. The van der Waals surface area contributed by atoms with Crippen LogP contribution in [0.4, 0.5) is 0 Å². The van der Waals surface area contributed by atoms with E-state index in [1.54, 1.807) is 18.2 Å². The Morgan fingerprint density at radius 3 is 2.50 bits per heavy atom. The van der Waals surface area contributed by atoms with Gasteiger partial charge in [-0.1, -0.05) is 18.2 Å². The fourth-order valence-corrected chi connectivity index (χ4v) is 4.53. The molecule has 0 saturated carbocycles. The van der Waals surface area contributed by atoms with Crippen molar-refractivity contribution < 1.29 is 23.1 Å². The molecule has 1 aromatic carbocycles. The third-order valence-electron chi connectivity index (χ3n) is 4.31. The number of aromatic carboxylic acids is 1. The second-order valence-electron chi connectivity index (χ2n) is 5.57. The van der Waals surface area contributed by atoms with E-state index in [0.717, 1.165) is 0 Å². The van der Waals surface area contributed by atoms with Crippen molar-refractivity contribution in [2.45, 2.75) is 17.9 Å². The first-order valence-corrected chi connectivity index (χ1v) is 8.76. The van der Waals surface area contributed by atoms with Gasteiger partial charge in [-0.3, -0.25) is 4.79 Å². The number of carbonyl (C=O) groups excluding carboxylic acids is 1. The summed E-state index contributed by atoms with van der Waals surface area (Å²) in [6.07, 6.45) is 0.834. The molecule has 0 radical (unpaired) electrons. The van der Waals surface area contributed by atoms with Crippen LogP contribution in [0.15, 0.2) is 35.2 Å². The van der Waals surface area contributed by atoms with Crippen LogP contribution in [0.3, 0.4) is 0 Å². The van der Waals surface area contributed by atoms with E-state index < -0.39 is 16.0 Å². The molecule has 1 aromatic heterocycles. The van der Waals surface area contributed by atoms with Crippen LogP contribution in [0.5, 0.6) is 0 Å². The smallest absolute Gasteiger partial charge is 0.353 e. The highest BCUT2D eigenvalue weighted by atomic mass is 32.2. The van der Waals surface area contributed by atoms with Gasteiger partial charge < -0.3 is 9.67 Å². The zero-order valence-corrected chi connectivity index (χ0v) is 13.8. The summed E-state index contributed by atoms with van der Waals surface area (Å²) < 4.78 is 28.2. The second-order valence-corrected chi connectivity index (χ2v) is 7.51. The van der Waals surface area contributed by atoms with Crippen LogP contribution in [-0.2, 0) is 30.0 Å². The van der Waals surface area contributed by atoms with Crippen molar-refractivity contribution in [3.8, 4) is 0 Å². The van der Waals surface area contributed by atoms with Crippen molar-refractivity contribution in [1.82, 2.24) is 8.87 Å². The van der Waals surface area contributed by atoms with Crippen LogP contribution < -0.4 is 0 Å². The first-order chi connectivity index (χ1) is 11.4. The van der Waals surface area contributed by atoms with Crippen LogP contribution in [-0.4, -0.2) is 41.2 Å². The molecular formula is C16H16N2O5S. The largest absolute Gasteiger partial charge is 0.477 e. The molecule has 2 aromatic rings. The van der Waals surface area contributed by atoms with Gasteiger partial charge in [-0.05, 0) is 24.1 Å². The van der Waals surface area contributed by atoms with E-state index in [1.807, 2.05) is 0 Å². The molecule has 0 spiro atoms. The Labute approximate surface area is 139 Å². The number of benzene rings is 1. The number of carbonyl (C=O) groups is 2. The molecule has 0 aliphatic carbocycles. The zero-order valence-electron chi connectivity index (χ0n) is 13.0. The number of aldehydes is 1. The number of hydrogen-bond acceptors (Lipinski definition) is 4. The third-order valence-corrected chi connectivity index (χ3v) is 6.17. The van der Waals surface area contributed by atoms with Gasteiger partial charge in [0.05, 0.1) is 17.0 Å². The van der Waals surface area contributed by atoms with E-state index in [4.69, 9.17) is 0 Å². The lowest BCUT2D eigenvalue weighted by Crippen LogP contribution is -2.36. The molecule has 0 fully saturated rings. The van der Waals surface area contributed by atoms with Crippen molar-refractivity contribution >= 4 is 22.3 Å². The van der Waals surface area contributed by atoms with Crippen molar-refractivity contribution in [1.29, 1.82) is 0 Å². The van der Waals surface area contributed by atoms with Crippen LogP contribution in [0.1, 0.15) is 32.1 Å². The van der Waals surface area contributed by atoms with Crippen LogP contribution in [0.25, 0.3) is 0 Å². The van der Waals surface area contributed by atoms with E-state index in [2.05, 4.69) is 0 Å². The predicted molar refractivity (Wildman–Crippen MR) is 85.5 cm³/mol. The van der Waals surface area contributed by atoms with Gasteiger partial charge in [0.2, 0.25) is 10.0 Å². The number of carboxylic acid groups (broad SMARTS) is 1. The summed E-state index contributed by atoms with van der Waals surface area (Å²) in [5, 5.41) is 9.32. The van der Waals surface area contributed by atoms with Crippen LogP contribution in [0, 0.1) is 0 Å². The molecule has 0 unspecified atom stereocenters. The van der Waals surface area contributed by atoms with E-state index in [9.17, 15) is 23.1 Å². The summed E-state index contributed by atoms with van der Waals surface area (Å²) in [5.41, 5.74) is 1.19. The lowest BCUT2D eigenvalue weighted by Gasteiger charge is -2.27. The number of sulfonamides is 1. The lowest BCUT2D eigenvalue weighted by molar-refractivity contribution is 0.0683. The van der Waals surface area contributed by atoms with Gasteiger partial charge in [-0.25, -0.2) is 13.2 Å². The number of fused-ring (bicyclic) bond motifs is 1. The molecule has 3 rings (SSSR count). The number of hydrogen-bond donors (Lipinski definition) is 1. The Kier molecular flexibility index (Phi) is 4.02. The van der Waals surface area contributed by atoms with Crippen molar-refractivity contribution in [2.24, 2.45) is 7.05 Å². The van der Waals surface area contributed by atoms with E-state index >= 15 is 0 Å². The monoisotopic (exact) mass is 348 g/mol. The summed E-state index contributed by atoms with van der Waals surface area (Å²) in [6.45, 7) is 0.241. The van der Waals surface area contributed by atoms with Crippen molar-refractivity contribution in [3.05, 3.63) is 52.8 Å². The third kappa shape index (κ3) is 2.44. The van der Waals surface area contributed by atoms with Crippen molar-refractivity contribution in [3.63, 3.8) is 0 Å². The molecular weight excluding hydrogens is 332 g/mol. The molecule has 0 atom stereocenters. The van der Waals surface area contributed by atoms with E-state index in [0.29, 0.717) is 24.0 Å². The van der Waals surface area contributed by atoms with Crippen LogP contribution in [0.2, 0.25) is 0 Å². The molecule has 7 nitrogen and oxygen atoms in total. The van der Waals surface area contributed by atoms with Gasteiger partial charge in [0.1, 0.15) is 5.69 Å². The average Bonchev–Trinajstić information content (AvgIpc) is 2.87. The summed E-state index contributed by atoms with van der Waals surface area (Å²) in [7, 11) is -2.13. The van der Waals surface area contributed by atoms with Gasteiger partial charge in [0.15, 0.2) is 6.29 Å². The van der Waals surface area contributed by atoms with E-state index in [1.165, 1.54) is 28.1 Å². The minimum absolute atomic E-state index is 0.0389. The normalized spacial score (nSPS) is 15.0. The summed E-state index contributed by atoms with van der Waals surface area (Å²) in [4.78, 5) is 22.9. The quantitative estimate of drug-likeness (QED) is 0.840. The number of rotatable bonds is 4. The Morgan fingerprint density at radius 1 is 1.25 bits per heavy atom. The number of nitrogens with zero attached hydrogens (tertiary/aromatic N) is 2. The van der Waals surface area contributed by atoms with Gasteiger partial charge in [0, 0.05) is 19.3 Å². The van der Waals surface area contributed by atoms with Crippen LogP contribution >= 0.6 is 0 Å². The summed E-state index contributed by atoms with van der Waals surface area (Å²) in [6, 6.07) is 8.08. The maximum absolute atomic E-state index is 12.7. The predicted octanol–water partition coefficient (Wildman–Crippen LogP) is 1.28. The minimum atomic E-state index is -3.67. The standard InChI is InChI=1S/C16H16N2O5S/c1-17-14-9-18(24(22,23)11-5-3-2-4-6-11)8-7-12(14)13(10-19)15(17)16(20)21/h2-6,10H,7-9H2,1H3,(H,20,21). The Balaban J connectivity index is 2.04. The van der Waals surface area contributed by atoms with Gasteiger partial charge in [-0.15, -0.1) is 0 Å². The van der Waals surface area contributed by atoms with Gasteiger partial charge >= 0.3 is 5.97 Å². The molecule has 2 heterocycles. The Bertz CT molecular complexity index is 916. The van der Waals surface area contributed by atoms with Crippen molar-refractivity contribution in [2.75, 3.05) is 6.54 Å². The lowest BCUT2D eigenvalue weighted by atomic mass is 10.0. The molecule has 0 saturated heterocycles. The number of carboxylic acids is 1. The fourth-order valence-electron chi connectivity index (χ4n) is 3.11.